The van der Waals surface area contributed by atoms with Crippen molar-refractivity contribution in [3.8, 4) is 28.7 Å². The minimum absolute atomic E-state index is 0.00148. The van der Waals surface area contributed by atoms with E-state index in [2.05, 4.69) is 56.4 Å². The SMILES string of the molecule is COc1ccc(CNC(=O)/C(C#N)=C/c2c[nH]c3nccc(-c4ccc(N5CCN(C)CC5)cc4)c23)cc1OC. The molecule has 0 spiro atoms. The summed E-state index contributed by atoms with van der Waals surface area (Å²) in [5.74, 6) is 0.710. The van der Waals surface area contributed by atoms with E-state index in [1.807, 2.05) is 18.2 Å². The maximum Gasteiger partial charge on any atom is 0.262 e. The molecule has 1 aliphatic rings. The summed E-state index contributed by atoms with van der Waals surface area (Å²) in [7, 11) is 5.28. The quantitative estimate of drug-likeness (QED) is 0.257. The lowest BCUT2D eigenvalue weighted by molar-refractivity contribution is -0.117. The van der Waals surface area contributed by atoms with Crippen LogP contribution in [0.4, 0.5) is 5.69 Å². The van der Waals surface area contributed by atoms with Gasteiger partial charge in [0.1, 0.15) is 17.3 Å². The Bertz CT molecular complexity index is 1580. The number of anilines is 1. The minimum atomic E-state index is -0.464. The maximum absolute atomic E-state index is 13.0. The molecule has 1 amide bonds. The number of piperazine rings is 1. The number of benzene rings is 2. The van der Waals surface area contributed by atoms with Gasteiger partial charge in [0.15, 0.2) is 11.5 Å². The highest BCUT2D eigenvalue weighted by Gasteiger charge is 2.17. The number of aromatic nitrogens is 2. The van der Waals surface area contributed by atoms with Crippen molar-refractivity contribution in [3.63, 3.8) is 0 Å². The lowest BCUT2D eigenvalue weighted by Crippen LogP contribution is -2.44. The van der Waals surface area contributed by atoms with Crippen LogP contribution in [0.2, 0.25) is 0 Å². The predicted octanol–water partition coefficient (Wildman–Crippen LogP) is 4.22. The molecule has 0 radical (unpaired) electrons. The standard InChI is InChI=1S/C31H32N6O3/c1-36-12-14-37(15-13-36)25-7-5-22(6-8-25)26-10-11-33-30-29(26)24(20-34-30)17-23(18-32)31(38)35-19-21-4-9-27(39-2)28(16-21)40-3/h4-11,16-17,20H,12-15,19H2,1-3H3,(H,33,34)(H,35,38)/b23-17+. The molecular formula is C31H32N6O3. The molecule has 3 heterocycles. The zero-order chi connectivity index (χ0) is 28.1. The number of carbonyl (C=O) groups excluding carboxylic acids is 1. The van der Waals surface area contributed by atoms with E-state index in [-0.39, 0.29) is 12.1 Å². The number of H-pyrrole nitrogens is 1. The normalized spacial score (nSPS) is 14.2. The van der Waals surface area contributed by atoms with E-state index in [1.54, 1.807) is 44.8 Å². The summed E-state index contributed by atoms with van der Waals surface area (Å²) in [5.41, 5.74) is 5.45. The number of methoxy groups -OCH3 is 2. The summed E-state index contributed by atoms with van der Waals surface area (Å²) in [6.07, 6.45) is 5.14. The highest BCUT2D eigenvalue weighted by atomic mass is 16.5. The van der Waals surface area contributed by atoms with Crippen molar-refractivity contribution in [1.82, 2.24) is 20.2 Å². The van der Waals surface area contributed by atoms with Crippen molar-refractivity contribution in [2.75, 3.05) is 52.3 Å². The van der Waals surface area contributed by atoms with Crippen LogP contribution in [0.5, 0.6) is 11.5 Å². The van der Waals surface area contributed by atoms with E-state index in [9.17, 15) is 10.1 Å². The number of amides is 1. The maximum atomic E-state index is 13.0. The fourth-order valence-electron chi connectivity index (χ4n) is 4.92. The summed E-state index contributed by atoms with van der Waals surface area (Å²) in [5, 5.41) is 13.5. The molecule has 204 valence electrons. The summed E-state index contributed by atoms with van der Waals surface area (Å²) in [6, 6.07) is 17.9. The molecule has 1 saturated heterocycles. The average molecular weight is 537 g/mol. The lowest BCUT2D eigenvalue weighted by atomic mass is 10.00. The van der Waals surface area contributed by atoms with Gasteiger partial charge in [-0.3, -0.25) is 4.79 Å². The molecule has 2 aromatic heterocycles. The number of carbonyl (C=O) groups is 1. The van der Waals surface area contributed by atoms with Crippen LogP contribution >= 0.6 is 0 Å². The molecule has 0 atom stereocenters. The summed E-state index contributed by atoms with van der Waals surface area (Å²) >= 11 is 0. The first-order valence-electron chi connectivity index (χ1n) is 13.1. The number of hydrogen-bond donors (Lipinski definition) is 2. The Hall–Kier alpha value is -4.81. The van der Waals surface area contributed by atoms with Gasteiger partial charge in [0.2, 0.25) is 0 Å². The van der Waals surface area contributed by atoms with Crippen LogP contribution in [-0.2, 0) is 11.3 Å². The molecule has 0 unspecified atom stereocenters. The third-order valence-electron chi connectivity index (χ3n) is 7.22. The second-order valence-corrected chi connectivity index (χ2v) is 9.71. The van der Waals surface area contributed by atoms with Gasteiger partial charge >= 0.3 is 0 Å². The number of fused-ring (bicyclic) bond motifs is 1. The van der Waals surface area contributed by atoms with Crippen molar-refractivity contribution in [2.24, 2.45) is 0 Å². The number of ether oxygens (including phenoxy) is 2. The number of hydrogen-bond acceptors (Lipinski definition) is 7. The molecule has 2 N–H and O–H groups in total. The van der Waals surface area contributed by atoms with Crippen molar-refractivity contribution in [2.45, 2.75) is 6.54 Å². The van der Waals surface area contributed by atoms with Crippen LogP contribution < -0.4 is 19.7 Å². The van der Waals surface area contributed by atoms with Gasteiger partial charge < -0.3 is 29.6 Å². The van der Waals surface area contributed by atoms with Crippen LogP contribution in [0.15, 0.2) is 66.5 Å². The summed E-state index contributed by atoms with van der Waals surface area (Å²) in [6.45, 7) is 4.35. The van der Waals surface area contributed by atoms with E-state index in [4.69, 9.17) is 9.47 Å². The highest BCUT2D eigenvalue weighted by Crippen LogP contribution is 2.32. The van der Waals surface area contributed by atoms with Gasteiger partial charge in [-0.05, 0) is 60.1 Å². The second kappa shape index (κ2) is 11.9. The molecule has 9 nitrogen and oxygen atoms in total. The fourth-order valence-corrected chi connectivity index (χ4v) is 4.92. The van der Waals surface area contributed by atoms with Crippen molar-refractivity contribution in [1.29, 1.82) is 5.26 Å². The first-order valence-corrected chi connectivity index (χ1v) is 13.1. The van der Waals surface area contributed by atoms with E-state index in [0.29, 0.717) is 17.1 Å². The Morgan fingerprint density at radius 2 is 1.82 bits per heavy atom. The molecule has 1 fully saturated rings. The minimum Gasteiger partial charge on any atom is -0.493 e. The van der Waals surface area contributed by atoms with Gasteiger partial charge in [0.05, 0.1) is 14.2 Å². The number of nitrogens with zero attached hydrogens (tertiary/aromatic N) is 4. The van der Waals surface area contributed by atoms with Gasteiger partial charge in [0.25, 0.3) is 5.91 Å². The number of nitrogens with one attached hydrogen (secondary N) is 2. The van der Waals surface area contributed by atoms with Gasteiger partial charge in [-0.15, -0.1) is 0 Å². The smallest absolute Gasteiger partial charge is 0.262 e. The topological polar surface area (TPSA) is 107 Å². The highest BCUT2D eigenvalue weighted by molar-refractivity contribution is 6.06. The van der Waals surface area contributed by atoms with Crippen molar-refractivity contribution < 1.29 is 14.3 Å². The third kappa shape index (κ3) is 5.63. The zero-order valence-electron chi connectivity index (χ0n) is 22.9. The van der Waals surface area contributed by atoms with Gasteiger partial charge in [0, 0.05) is 61.8 Å². The largest absolute Gasteiger partial charge is 0.493 e. The number of pyridine rings is 1. The Labute approximate surface area is 233 Å². The molecule has 0 aliphatic carbocycles. The molecule has 40 heavy (non-hydrogen) atoms. The third-order valence-corrected chi connectivity index (χ3v) is 7.22. The van der Waals surface area contributed by atoms with E-state index < -0.39 is 5.91 Å². The van der Waals surface area contributed by atoms with Crippen LogP contribution in [-0.4, -0.2) is 68.2 Å². The van der Waals surface area contributed by atoms with E-state index in [0.717, 1.165) is 53.8 Å². The van der Waals surface area contributed by atoms with Crippen LogP contribution in [0, 0.1) is 11.3 Å². The summed E-state index contributed by atoms with van der Waals surface area (Å²) < 4.78 is 10.6. The number of aromatic amines is 1. The molecule has 4 aromatic rings. The second-order valence-electron chi connectivity index (χ2n) is 9.71. The Kier molecular flexibility index (Phi) is 7.99. The Morgan fingerprint density at radius 3 is 2.52 bits per heavy atom. The Balaban J connectivity index is 1.38. The van der Waals surface area contributed by atoms with Crippen molar-refractivity contribution in [3.05, 3.63) is 77.6 Å². The van der Waals surface area contributed by atoms with Gasteiger partial charge in [-0.1, -0.05) is 18.2 Å². The molecule has 5 rings (SSSR count). The Morgan fingerprint density at radius 1 is 1.07 bits per heavy atom. The van der Waals surface area contributed by atoms with E-state index in [1.165, 1.54) is 5.69 Å². The average Bonchev–Trinajstić information content (AvgIpc) is 3.42. The molecule has 2 aromatic carbocycles. The van der Waals surface area contributed by atoms with Crippen molar-refractivity contribution >= 4 is 28.7 Å². The number of nitriles is 1. The number of rotatable bonds is 8. The molecule has 1 aliphatic heterocycles. The summed E-state index contributed by atoms with van der Waals surface area (Å²) in [4.78, 5) is 25.3. The molecular weight excluding hydrogens is 504 g/mol. The van der Waals surface area contributed by atoms with Crippen LogP contribution in [0.25, 0.3) is 28.2 Å². The number of likely N-dealkylation sites (N-methyl/N-ethyl adjacent to an activating group) is 1. The van der Waals surface area contributed by atoms with E-state index >= 15 is 0 Å². The predicted molar refractivity (Wildman–Crippen MR) is 156 cm³/mol. The van der Waals surface area contributed by atoms with Gasteiger partial charge in [-0.25, -0.2) is 4.98 Å². The zero-order valence-corrected chi connectivity index (χ0v) is 22.9. The fraction of sp³-hybridized carbons (Fsp3) is 0.258. The first kappa shape index (κ1) is 26.8. The molecule has 0 bridgehead atoms. The molecule has 9 heteroatoms. The molecule has 0 saturated carbocycles. The monoisotopic (exact) mass is 536 g/mol. The lowest BCUT2D eigenvalue weighted by Gasteiger charge is -2.34. The first-order chi connectivity index (χ1) is 19.5. The van der Waals surface area contributed by atoms with Crippen LogP contribution in [0.1, 0.15) is 11.1 Å². The van der Waals surface area contributed by atoms with Crippen LogP contribution in [0.3, 0.4) is 0 Å². The van der Waals surface area contributed by atoms with Gasteiger partial charge in [-0.2, -0.15) is 5.26 Å².